The van der Waals surface area contributed by atoms with Crippen molar-refractivity contribution in [1.29, 1.82) is 0 Å². The lowest BCUT2D eigenvalue weighted by atomic mass is 9.81. The molecule has 0 radical (unpaired) electrons. The maximum absolute atomic E-state index is 15.9. The summed E-state index contributed by atoms with van der Waals surface area (Å²) in [6, 6.07) is 23.6. The first-order valence-corrected chi connectivity index (χ1v) is 37.2. The summed E-state index contributed by atoms with van der Waals surface area (Å²) >= 11 is 15.0. The second kappa shape index (κ2) is 27.2. The molecule has 0 N–H and O–H groups in total. The van der Waals surface area contributed by atoms with Gasteiger partial charge < -0.3 is 0 Å². The Morgan fingerprint density at radius 1 is 0.350 bits per heavy atom. The number of fused-ring (bicyclic) bond motifs is 4. The SMILES string of the molecule is CCCCC(CC)Cc1ccc(-c2c3cc(-c4ccc(-c5sc(-c6ccc(C)s6)c6c5C(=O)c5c(CC(CC)CCCC)sc(CC(CC)CCCC)c5C6=O)s4)sc3c(-c3ccc(CC(CC)CCCC)s3)c3cc(C)sc23)s1. The van der Waals surface area contributed by atoms with Crippen molar-refractivity contribution in [2.45, 2.75) is 198 Å². The van der Waals surface area contributed by atoms with Gasteiger partial charge in [0.25, 0.3) is 0 Å². The number of thiophene rings is 8. The zero-order valence-electron chi connectivity index (χ0n) is 49.3. The van der Waals surface area contributed by atoms with E-state index in [0.717, 1.165) is 98.2 Å². The highest BCUT2D eigenvalue weighted by Crippen LogP contribution is 2.56. The largest absolute Gasteiger partial charge is 0.288 e. The molecular weight excluding hydrogens is 1130 g/mol. The highest BCUT2D eigenvalue weighted by molar-refractivity contribution is 7.31. The minimum atomic E-state index is 0.0724. The zero-order valence-corrected chi connectivity index (χ0v) is 55.8. The van der Waals surface area contributed by atoms with Crippen LogP contribution in [0.5, 0.6) is 0 Å². The van der Waals surface area contributed by atoms with Crippen LogP contribution in [0.1, 0.15) is 219 Å². The summed E-state index contributed by atoms with van der Waals surface area (Å²) in [5.74, 6) is 2.56. The van der Waals surface area contributed by atoms with Crippen LogP contribution in [0.15, 0.2) is 60.7 Å². The van der Waals surface area contributed by atoms with Gasteiger partial charge in [0.1, 0.15) is 0 Å². The molecule has 4 atom stereocenters. The van der Waals surface area contributed by atoms with Gasteiger partial charge in [-0.05, 0) is 124 Å². The van der Waals surface area contributed by atoms with Crippen LogP contribution in [0.4, 0.5) is 0 Å². The van der Waals surface area contributed by atoms with E-state index in [1.54, 1.807) is 34.0 Å². The number of rotatable bonds is 29. The van der Waals surface area contributed by atoms with Crippen LogP contribution >= 0.6 is 90.7 Å². The van der Waals surface area contributed by atoms with Crippen molar-refractivity contribution in [3.05, 3.63) is 112 Å². The molecule has 0 saturated heterocycles. The van der Waals surface area contributed by atoms with Gasteiger partial charge in [-0.3, -0.25) is 9.59 Å². The van der Waals surface area contributed by atoms with Gasteiger partial charge in [-0.15, -0.1) is 90.7 Å². The third-order valence-electron chi connectivity index (χ3n) is 17.4. The molecule has 8 heterocycles. The first-order chi connectivity index (χ1) is 38.9. The third kappa shape index (κ3) is 12.4. The molecule has 0 aliphatic heterocycles. The number of ketones is 2. The quantitative estimate of drug-likeness (QED) is 0.0468. The molecule has 8 aromatic heterocycles. The molecule has 1 aromatic carbocycles. The topological polar surface area (TPSA) is 34.1 Å². The van der Waals surface area contributed by atoms with E-state index in [-0.39, 0.29) is 11.6 Å². The minimum absolute atomic E-state index is 0.0724. The molecule has 1 aliphatic rings. The summed E-state index contributed by atoms with van der Waals surface area (Å²) < 4.78 is 2.77. The van der Waals surface area contributed by atoms with E-state index >= 15 is 9.59 Å². The fourth-order valence-corrected chi connectivity index (χ4v) is 22.4. The normalized spacial score (nSPS) is 14.2. The molecule has 10 rings (SSSR count). The van der Waals surface area contributed by atoms with E-state index in [1.807, 2.05) is 56.7 Å². The second-order valence-electron chi connectivity index (χ2n) is 23.2. The molecule has 424 valence electrons. The van der Waals surface area contributed by atoms with Gasteiger partial charge in [-0.25, -0.2) is 0 Å². The number of carbonyl (C=O) groups is 2. The van der Waals surface area contributed by atoms with Crippen LogP contribution in [0.25, 0.3) is 70.3 Å². The zero-order chi connectivity index (χ0) is 56.2. The Bertz CT molecular complexity index is 3450. The van der Waals surface area contributed by atoms with Crippen molar-refractivity contribution in [2.75, 3.05) is 0 Å². The molecular formula is C70H84O2S8. The number of hydrogen-bond acceptors (Lipinski definition) is 10. The first kappa shape index (κ1) is 59.8. The Hall–Kier alpha value is -3.32. The molecule has 0 bridgehead atoms. The fraction of sp³-hybridized carbons (Fsp3) is 0.486. The molecule has 9 aromatic rings. The van der Waals surface area contributed by atoms with Crippen LogP contribution < -0.4 is 0 Å². The third-order valence-corrected chi connectivity index (χ3v) is 26.9. The second-order valence-corrected chi connectivity index (χ2v) is 32.4. The lowest BCUT2D eigenvalue weighted by Gasteiger charge is -2.19. The van der Waals surface area contributed by atoms with Gasteiger partial charge in [-0.1, -0.05) is 158 Å². The summed E-state index contributed by atoms with van der Waals surface area (Å²) in [7, 11) is 0. The maximum Gasteiger partial charge on any atom is 0.197 e. The average molecular weight is 1210 g/mol. The Labute approximate surface area is 511 Å². The Kier molecular flexibility index (Phi) is 20.3. The molecule has 10 heteroatoms. The van der Waals surface area contributed by atoms with Crippen LogP contribution in [0, 0.1) is 37.5 Å². The van der Waals surface area contributed by atoms with E-state index in [1.165, 1.54) is 141 Å². The molecule has 4 unspecified atom stereocenters. The fourth-order valence-electron chi connectivity index (χ4n) is 12.5. The minimum Gasteiger partial charge on any atom is -0.288 e. The maximum atomic E-state index is 15.9. The van der Waals surface area contributed by atoms with E-state index < -0.39 is 0 Å². The van der Waals surface area contributed by atoms with E-state index in [9.17, 15) is 0 Å². The van der Waals surface area contributed by atoms with Crippen LogP contribution in [-0.2, 0) is 25.7 Å². The monoisotopic (exact) mass is 1210 g/mol. The Balaban J connectivity index is 1.12. The van der Waals surface area contributed by atoms with Crippen molar-refractivity contribution < 1.29 is 9.59 Å². The van der Waals surface area contributed by atoms with Crippen molar-refractivity contribution >= 4 is 122 Å². The Morgan fingerprint density at radius 2 is 0.775 bits per heavy atom. The molecule has 0 amide bonds. The molecule has 80 heavy (non-hydrogen) atoms. The summed E-state index contributed by atoms with van der Waals surface area (Å²) in [6.45, 7) is 23.0. The average Bonchev–Trinajstić information content (AvgIpc) is 3.03. The predicted molar refractivity (Wildman–Crippen MR) is 362 cm³/mol. The summed E-state index contributed by atoms with van der Waals surface area (Å²) in [5, 5.41) is 2.73. The van der Waals surface area contributed by atoms with Gasteiger partial charge in [0.15, 0.2) is 11.6 Å². The van der Waals surface area contributed by atoms with E-state index in [2.05, 4.69) is 130 Å². The van der Waals surface area contributed by atoms with E-state index in [4.69, 9.17) is 0 Å². The lowest BCUT2D eigenvalue weighted by Crippen LogP contribution is -2.22. The lowest BCUT2D eigenvalue weighted by molar-refractivity contribution is 0.0980. The molecule has 0 fully saturated rings. The van der Waals surface area contributed by atoms with Crippen molar-refractivity contribution in [2.24, 2.45) is 23.7 Å². The van der Waals surface area contributed by atoms with Gasteiger partial charge in [0.05, 0.1) is 20.9 Å². The number of aryl methyl sites for hydroxylation is 2. The van der Waals surface area contributed by atoms with Crippen LogP contribution in [-0.4, -0.2) is 11.6 Å². The van der Waals surface area contributed by atoms with Crippen molar-refractivity contribution in [3.63, 3.8) is 0 Å². The Morgan fingerprint density at radius 3 is 1.24 bits per heavy atom. The molecule has 1 aliphatic carbocycles. The van der Waals surface area contributed by atoms with Crippen molar-refractivity contribution in [1.82, 2.24) is 0 Å². The van der Waals surface area contributed by atoms with Crippen LogP contribution in [0.3, 0.4) is 0 Å². The first-order valence-electron chi connectivity index (χ1n) is 30.7. The van der Waals surface area contributed by atoms with Gasteiger partial charge in [0.2, 0.25) is 0 Å². The molecule has 0 saturated carbocycles. The number of unbranched alkanes of at least 4 members (excludes halogenated alkanes) is 4. The van der Waals surface area contributed by atoms with Gasteiger partial charge in [0, 0.05) is 101 Å². The highest BCUT2D eigenvalue weighted by Gasteiger charge is 2.42. The van der Waals surface area contributed by atoms with Gasteiger partial charge in [-0.2, -0.15) is 0 Å². The summed E-state index contributed by atoms with van der Waals surface area (Å²) in [4.78, 5) is 48.8. The standard InChI is InChI=1S/C70H84O2S8/c1-11-19-23-43(15-5)36-47-28-31-52(75-47)59-49-35-42(10)74-67(49)60(53-32-29-48(76-53)37-44(16-6)24-20-12-2)50-40-56(79-68(50)59)51-33-34-55(77-51)70-64-63(69(80-70)54-30-27-41(9)73-54)65(71)61-57(38-45(17-7)25-21-13-3)78-58(62(61)66(64)72)39-46(18-8)26-22-14-4/h27-35,40,43-46H,11-26,36-39H2,1-10H3. The highest BCUT2D eigenvalue weighted by atomic mass is 32.1. The number of benzene rings is 1. The summed E-state index contributed by atoms with van der Waals surface area (Å²) in [6.07, 6.45) is 23.3. The van der Waals surface area contributed by atoms with Crippen LogP contribution in [0.2, 0.25) is 0 Å². The predicted octanol–water partition coefficient (Wildman–Crippen LogP) is 25.2. The molecule has 0 spiro atoms. The summed E-state index contributed by atoms with van der Waals surface area (Å²) in [5.41, 5.74) is 5.54. The van der Waals surface area contributed by atoms with Crippen molar-refractivity contribution in [3.8, 4) is 50.1 Å². The number of hydrogen-bond donors (Lipinski definition) is 0. The molecule has 2 nitrogen and oxygen atoms in total. The van der Waals surface area contributed by atoms with Gasteiger partial charge >= 0.3 is 0 Å². The number of carbonyl (C=O) groups excluding carboxylic acids is 2. The van der Waals surface area contributed by atoms with E-state index in [0.29, 0.717) is 34.8 Å². The smallest absolute Gasteiger partial charge is 0.197 e.